The topological polar surface area (TPSA) is 111 Å². The molecule has 2 aliphatic heterocycles. The average molecular weight is 588 g/mol. The third kappa shape index (κ3) is 5.81. The number of carbonyl (C=O) groups excluding carboxylic acids is 1. The van der Waals surface area contributed by atoms with Crippen molar-refractivity contribution in [1.82, 2.24) is 19.9 Å². The fraction of sp³-hybridized carbons (Fsp3) is 0.429. The number of fused-ring (bicyclic) bond motifs is 1. The van der Waals surface area contributed by atoms with E-state index in [9.17, 15) is 4.79 Å². The number of ketones is 1. The molecule has 1 aromatic carbocycles. The number of nitrogens with zero attached hydrogens (tertiary/aromatic N) is 4. The molecule has 3 aromatic rings. The van der Waals surface area contributed by atoms with Gasteiger partial charge in [-0.2, -0.15) is 0 Å². The van der Waals surface area contributed by atoms with Gasteiger partial charge in [0.25, 0.3) is 0 Å². The summed E-state index contributed by atoms with van der Waals surface area (Å²) in [6.07, 6.45) is 4.38. The summed E-state index contributed by atoms with van der Waals surface area (Å²) in [5, 5.41) is 8.33. The standard InChI is InChI=1S/C28H32Cl2N6O4/c1-5-18(37)8-16-12-36(2)13-20(16)34-28-31-11-15-9-19(23-24(29)21(38-3)10-22(39-4)25(23)30)33-27(26(15)35-28)32-17-6-7-40-14-17/h5,9-11,16-17,20H,1,6-8,12-14H2,2-4H3,(H,32,33)(H,31,34,35)/t16-,17?,20+/m0/s1. The highest BCUT2D eigenvalue weighted by molar-refractivity contribution is 6.41. The monoisotopic (exact) mass is 586 g/mol. The van der Waals surface area contributed by atoms with Gasteiger partial charge in [0.1, 0.15) is 17.0 Å². The van der Waals surface area contributed by atoms with Gasteiger partial charge in [0, 0.05) is 61.3 Å². The minimum Gasteiger partial charge on any atom is -0.495 e. The molecule has 0 aliphatic carbocycles. The number of allylic oxidation sites excluding steroid dienone is 1. The molecule has 0 amide bonds. The van der Waals surface area contributed by atoms with Crippen LogP contribution in [0, 0.1) is 5.92 Å². The first kappa shape index (κ1) is 28.4. The smallest absolute Gasteiger partial charge is 0.223 e. The van der Waals surface area contributed by atoms with E-state index < -0.39 is 0 Å². The molecule has 1 unspecified atom stereocenters. The Morgan fingerprint density at radius 1 is 1.18 bits per heavy atom. The molecule has 5 rings (SSSR count). The van der Waals surface area contributed by atoms with Crippen molar-refractivity contribution in [1.29, 1.82) is 0 Å². The summed E-state index contributed by atoms with van der Waals surface area (Å²) in [5.74, 6) is 2.00. The molecule has 2 aromatic heterocycles. The zero-order valence-electron chi connectivity index (χ0n) is 22.7. The third-order valence-electron chi connectivity index (χ3n) is 7.30. The lowest BCUT2D eigenvalue weighted by molar-refractivity contribution is -0.115. The predicted molar refractivity (Wildman–Crippen MR) is 157 cm³/mol. The number of carbonyl (C=O) groups is 1. The van der Waals surface area contributed by atoms with Crippen molar-refractivity contribution in [3.8, 4) is 22.8 Å². The Balaban J connectivity index is 1.56. The summed E-state index contributed by atoms with van der Waals surface area (Å²) >= 11 is 13.4. The Bertz CT molecular complexity index is 1400. The number of nitrogens with one attached hydrogen (secondary N) is 2. The average Bonchev–Trinajstić information content (AvgIpc) is 3.58. The number of likely N-dealkylation sites (tertiary alicyclic amines) is 1. The van der Waals surface area contributed by atoms with E-state index in [2.05, 4.69) is 27.1 Å². The van der Waals surface area contributed by atoms with Crippen LogP contribution < -0.4 is 20.1 Å². The first-order chi connectivity index (χ1) is 19.3. The summed E-state index contributed by atoms with van der Waals surface area (Å²) < 4.78 is 16.5. The SMILES string of the molecule is C=CC(=O)C[C@H]1CN(C)C[C@H]1Nc1ncc2cc(-c3c(Cl)c(OC)cc(OC)c3Cl)nc(NC3CCOC3)c2n1. The van der Waals surface area contributed by atoms with Crippen LogP contribution in [0.2, 0.25) is 10.0 Å². The van der Waals surface area contributed by atoms with Gasteiger partial charge < -0.3 is 29.7 Å². The number of methoxy groups -OCH3 is 2. The van der Waals surface area contributed by atoms with Crippen molar-refractivity contribution in [2.75, 3.05) is 58.2 Å². The number of ether oxygens (including phenoxy) is 3. The van der Waals surface area contributed by atoms with E-state index in [-0.39, 0.29) is 23.8 Å². The Morgan fingerprint density at radius 3 is 2.58 bits per heavy atom. The number of pyridine rings is 1. The Labute approximate surface area is 243 Å². The molecule has 2 fully saturated rings. The fourth-order valence-corrected chi connectivity index (χ4v) is 5.95. The van der Waals surface area contributed by atoms with Crippen molar-refractivity contribution in [3.05, 3.63) is 41.0 Å². The lowest BCUT2D eigenvalue weighted by Crippen LogP contribution is -2.30. The maximum absolute atomic E-state index is 12.1. The summed E-state index contributed by atoms with van der Waals surface area (Å²) in [7, 11) is 5.10. The number of anilines is 2. The largest absolute Gasteiger partial charge is 0.495 e. The zero-order valence-corrected chi connectivity index (χ0v) is 24.2. The highest BCUT2D eigenvalue weighted by Gasteiger charge is 2.32. The number of hydrogen-bond acceptors (Lipinski definition) is 10. The predicted octanol–water partition coefficient (Wildman–Crippen LogP) is 4.70. The second-order valence-corrected chi connectivity index (χ2v) is 10.8. The van der Waals surface area contributed by atoms with Gasteiger partial charge in [-0.3, -0.25) is 4.79 Å². The Hall–Kier alpha value is -3.18. The number of benzene rings is 1. The van der Waals surface area contributed by atoms with Crippen LogP contribution in [0.25, 0.3) is 22.2 Å². The molecule has 2 N–H and O–H groups in total. The molecule has 10 nitrogen and oxygen atoms in total. The van der Waals surface area contributed by atoms with Crippen LogP contribution in [0.15, 0.2) is 31.0 Å². The van der Waals surface area contributed by atoms with Gasteiger partial charge in [0.2, 0.25) is 5.95 Å². The normalized spacial score (nSPS) is 21.0. The molecule has 0 bridgehead atoms. The van der Waals surface area contributed by atoms with E-state index in [0.29, 0.717) is 69.7 Å². The second-order valence-electron chi connectivity index (χ2n) is 10.1. The Morgan fingerprint density at radius 2 is 1.93 bits per heavy atom. The van der Waals surface area contributed by atoms with Crippen LogP contribution in [0.4, 0.5) is 11.8 Å². The van der Waals surface area contributed by atoms with Crippen molar-refractivity contribution >= 4 is 51.7 Å². The maximum atomic E-state index is 12.1. The van der Waals surface area contributed by atoms with Gasteiger partial charge in [-0.1, -0.05) is 29.8 Å². The lowest BCUT2D eigenvalue weighted by atomic mass is 9.97. The molecule has 3 atom stereocenters. The lowest BCUT2D eigenvalue weighted by Gasteiger charge is -2.20. The molecule has 4 heterocycles. The molecule has 0 radical (unpaired) electrons. The number of aromatic nitrogens is 3. The molecule has 2 saturated heterocycles. The van der Waals surface area contributed by atoms with Crippen LogP contribution in [-0.2, 0) is 9.53 Å². The van der Waals surface area contributed by atoms with Crippen molar-refractivity contribution in [2.45, 2.75) is 24.9 Å². The fourth-order valence-electron chi connectivity index (χ4n) is 5.25. The van der Waals surface area contributed by atoms with Gasteiger partial charge in [0.05, 0.1) is 42.6 Å². The van der Waals surface area contributed by atoms with E-state index in [1.807, 2.05) is 13.1 Å². The van der Waals surface area contributed by atoms with Gasteiger partial charge >= 0.3 is 0 Å². The van der Waals surface area contributed by atoms with E-state index in [4.69, 9.17) is 47.4 Å². The molecule has 12 heteroatoms. The first-order valence-corrected chi connectivity index (χ1v) is 13.8. The molecular weight excluding hydrogens is 555 g/mol. The highest BCUT2D eigenvalue weighted by Crippen LogP contribution is 2.46. The minimum atomic E-state index is 0.0140. The number of likely N-dealkylation sites (N-methyl/N-ethyl adjacent to an activating group) is 1. The van der Waals surface area contributed by atoms with Gasteiger partial charge in [-0.25, -0.2) is 15.0 Å². The molecule has 0 saturated carbocycles. The number of rotatable bonds is 10. The van der Waals surface area contributed by atoms with Crippen molar-refractivity contribution in [3.63, 3.8) is 0 Å². The highest BCUT2D eigenvalue weighted by atomic mass is 35.5. The van der Waals surface area contributed by atoms with Crippen LogP contribution in [0.1, 0.15) is 12.8 Å². The van der Waals surface area contributed by atoms with Gasteiger partial charge in [-0.15, -0.1) is 0 Å². The number of halogens is 2. The molecule has 40 heavy (non-hydrogen) atoms. The molecular formula is C28H32Cl2N6O4. The number of hydrogen-bond donors (Lipinski definition) is 2. The first-order valence-electron chi connectivity index (χ1n) is 13.0. The van der Waals surface area contributed by atoms with Crippen LogP contribution in [0.5, 0.6) is 11.5 Å². The molecule has 2 aliphatic rings. The summed E-state index contributed by atoms with van der Waals surface area (Å²) in [6, 6.07) is 3.57. The van der Waals surface area contributed by atoms with Crippen molar-refractivity contribution in [2.24, 2.45) is 5.92 Å². The van der Waals surface area contributed by atoms with Crippen LogP contribution in [0.3, 0.4) is 0 Å². The van der Waals surface area contributed by atoms with E-state index in [0.717, 1.165) is 24.9 Å². The molecule has 212 valence electrons. The van der Waals surface area contributed by atoms with E-state index >= 15 is 0 Å². The molecule has 0 spiro atoms. The summed E-state index contributed by atoms with van der Waals surface area (Å²) in [4.78, 5) is 28.7. The third-order valence-corrected chi connectivity index (χ3v) is 8.05. The Kier molecular flexibility index (Phi) is 8.60. The van der Waals surface area contributed by atoms with E-state index in [1.54, 1.807) is 12.3 Å². The minimum absolute atomic E-state index is 0.0140. The van der Waals surface area contributed by atoms with Gasteiger partial charge in [-0.05, 0) is 25.6 Å². The summed E-state index contributed by atoms with van der Waals surface area (Å²) in [5.41, 5.74) is 1.64. The zero-order chi connectivity index (χ0) is 28.4. The van der Waals surface area contributed by atoms with Crippen molar-refractivity contribution < 1.29 is 19.0 Å². The van der Waals surface area contributed by atoms with Crippen LogP contribution >= 0.6 is 23.2 Å². The van der Waals surface area contributed by atoms with Gasteiger partial charge in [0.15, 0.2) is 11.6 Å². The van der Waals surface area contributed by atoms with Crippen LogP contribution in [-0.4, -0.2) is 85.3 Å². The maximum Gasteiger partial charge on any atom is 0.223 e. The summed E-state index contributed by atoms with van der Waals surface area (Å²) in [6.45, 7) is 6.42. The van der Waals surface area contributed by atoms with E-state index in [1.165, 1.54) is 20.3 Å². The quantitative estimate of drug-likeness (QED) is 0.324. The second kappa shape index (κ2) is 12.1.